The molecule has 0 heterocycles. The maximum Gasteiger partial charge on any atom is 0.271 e. The van der Waals surface area contributed by atoms with Crippen molar-refractivity contribution in [3.8, 4) is 0 Å². The minimum Gasteiger partial charge on any atom is -0.470 e. The Morgan fingerprint density at radius 3 is 2.57 bits per heavy atom. The maximum absolute atomic E-state index is 12.7. The number of hydrazine groups is 1. The van der Waals surface area contributed by atoms with E-state index in [0.717, 1.165) is 0 Å². The molecule has 0 aromatic carbocycles. The number of nitrogens with one attached hydrogen (secondary N) is 1. The van der Waals surface area contributed by atoms with E-state index in [1.54, 1.807) is 0 Å². The lowest BCUT2D eigenvalue weighted by atomic mass is 9.87. The first kappa shape index (κ1) is 11.6. The Hall–Kier alpha value is -0.490. The zero-order valence-corrected chi connectivity index (χ0v) is 8.58. The summed E-state index contributed by atoms with van der Waals surface area (Å²) in [5, 5.41) is 0.113. The van der Waals surface area contributed by atoms with Crippen molar-refractivity contribution in [3.63, 3.8) is 0 Å². The van der Waals surface area contributed by atoms with Crippen LogP contribution < -0.4 is 11.3 Å². The molecule has 1 rings (SSSR count). The second-order valence-electron chi connectivity index (χ2n) is 3.54. The van der Waals surface area contributed by atoms with E-state index >= 15 is 0 Å². The highest BCUT2D eigenvalue weighted by molar-refractivity contribution is 7.80. The molecule has 0 bridgehead atoms. The number of thiocarbonyl (C=S) groups is 1. The van der Waals surface area contributed by atoms with Crippen LogP contribution in [0.1, 0.15) is 25.7 Å². The molecule has 82 valence electrons. The minimum atomic E-state index is -2.48. The molecule has 0 saturated heterocycles. The van der Waals surface area contributed by atoms with Crippen LogP contribution in [0.5, 0.6) is 0 Å². The normalized spacial score (nSPS) is 21.6. The fourth-order valence-corrected chi connectivity index (χ4v) is 1.57. The van der Waals surface area contributed by atoms with Gasteiger partial charge in [-0.15, -0.1) is 0 Å². The number of rotatable bonds is 2. The van der Waals surface area contributed by atoms with E-state index in [9.17, 15) is 8.78 Å². The van der Waals surface area contributed by atoms with Gasteiger partial charge >= 0.3 is 0 Å². The molecule has 0 unspecified atom stereocenters. The predicted octanol–water partition coefficient (Wildman–Crippen LogP) is 1.58. The highest BCUT2D eigenvalue weighted by Gasteiger charge is 2.34. The molecule has 1 fully saturated rings. The Kier molecular flexibility index (Phi) is 4.00. The molecule has 6 heteroatoms. The third-order valence-corrected chi connectivity index (χ3v) is 2.64. The lowest BCUT2D eigenvalue weighted by Gasteiger charge is -2.27. The van der Waals surface area contributed by atoms with Gasteiger partial charge in [0.15, 0.2) is 0 Å². The van der Waals surface area contributed by atoms with E-state index in [4.69, 9.17) is 10.6 Å². The van der Waals surface area contributed by atoms with E-state index in [1.165, 1.54) is 0 Å². The first-order valence-electron chi connectivity index (χ1n) is 4.55. The Labute approximate surface area is 87.0 Å². The van der Waals surface area contributed by atoms with Gasteiger partial charge in [0.25, 0.3) is 5.17 Å². The quantitative estimate of drug-likeness (QED) is 0.425. The van der Waals surface area contributed by atoms with Crippen molar-refractivity contribution in [1.82, 2.24) is 5.43 Å². The monoisotopic (exact) mass is 224 g/mol. The highest BCUT2D eigenvalue weighted by atomic mass is 32.1. The predicted molar refractivity (Wildman–Crippen MR) is 52.8 cm³/mol. The molecule has 1 aliphatic carbocycles. The molecule has 1 aliphatic rings. The third kappa shape index (κ3) is 3.71. The molecule has 3 nitrogen and oxygen atoms in total. The summed E-state index contributed by atoms with van der Waals surface area (Å²) in [6, 6.07) is 0. The molecule has 0 spiro atoms. The molecule has 0 radical (unpaired) electrons. The summed E-state index contributed by atoms with van der Waals surface area (Å²) in [4.78, 5) is 0. The molecule has 14 heavy (non-hydrogen) atoms. The number of hydrogen-bond donors (Lipinski definition) is 2. The summed E-state index contributed by atoms with van der Waals surface area (Å²) in [6.07, 6.45) is 0.869. The van der Waals surface area contributed by atoms with Gasteiger partial charge in [-0.2, -0.15) is 0 Å². The Morgan fingerprint density at radius 1 is 1.50 bits per heavy atom. The van der Waals surface area contributed by atoms with Crippen molar-refractivity contribution < 1.29 is 13.5 Å². The third-order valence-electron chi connectivity index (χ3n) is 2.40. The van der Waals surface area contributed by atoms with E-state index in [2.05, 4.69) is 17.6 Å². The van der Waals surface area contributed by atoms with Crippen molar-refractivity contribution in [2.75, 3.05) is 6.61 Å². The van der Waals surface area contributed by atoms with Crippen LogP contribution >= 0.6 is 12.2 Å². The molecule has 0 aromatic rings. The van der Waals surface area contributed by atoms with Gasteiger partial charge < -0.3 is 4.74 Å². The van der Waals surface area contributed by atoms with Crippen LogP contribution in [0.15, 0.2) is 0 Å². The lowest BCUT2D eigenvalue weighted by Crippen LogP contribution is -2.33. The zero-order valence-electron chi connectivity index (χ0n) is 7.76. The van der Waals surface area contributed by atoms with Crippen LogP contribution in [0.2, 0.25) is 0 Å². The van der Waals surface area contributed by atoms with Gasteiger partial charge in [0.2, 0.25) is 5.92 Å². The van der Waals surface area contributed by atoms with Crippen LogP contribution in [0.4, 0.5) is 8.78 Å². The van der Waals surface area contributed by atoms with Crippen LogP contribution in [0.3, 0.4) is 0 Å². The van der Waals surface area contributed by atoms with Gasteiger partial charge in [0.05, 0.1) is 6.61 Å². The highest BCUT2D eigenvalue weighted by Crippen LogP contribution is 2.36. The molecule has 0 amide bonds. The largest absolute Gasteiger partial charge is 0.470 e. The Bertz CT molecular complexity index is 204. The molecule has 3 N–H and O–H groups in total. The molecule has 0 aromatic heterocycles. The van der Waals surface area contributed by atoms with E-state index in [-0.39, 0.29) is 23.9 Å². The molecule has 0 aliphatic heterocycles. The van der Waals surface area contributed by atoms with Crippen molar-refractivity contribution in [2.24, 2.45) is 11.8 Å². The van der Waals surface area contributed by atoms with Gasteiger partial charge in [0.1, 0.15) is 0 Å². The van der Waals surface area contributed by atoms with Crippen molar-refractivity contribution in [3.05, 3.63) is 0 Å². The summed E-state index contributed by atoms with van der Waals surface area (Å²) in [5.41, 5.74) is 2.18. The fourth-order valence-electron chi connectivity index (χ4n) is 1.50. The maximum atomic E-state index is 12.7. The summed E-state index contributed by atoms with van der Waals surface area (Å²) in [7, 11) is 0. The molecular weight excluding hydrogens is 210 g/mol. The first-order valence-corrected chi connectivity index (χ1v) is 4.95. The lowest BCUT2D eigenvalue weighted by molar-refractivity contribution is -0.0503. The van der Waals surface area contributed by atoms with Gasteiger partial charge in [-0.25, -0.2) is 14.6 Å². The minimum absolute atomic E-state index is 0.0517. The number of alkyl halides is 2. The van der Waals surface area contributed by atoms with E-state index in [0.29, 0.717) is 19.4 Å². The average molecular weight is 224 g/mol. The Morgan fingerprint density at radius 2 is 2.07 bits per heavy atom. The van der Waals surface area contributed by atoms with E-state index in [1.807, 2.05) is 0 Å². The molecular formula is C8H14F2N2OS. The van der Waals surface area contributed by atoms with Crippen LogP contribution in [0, 0.1) is 5.92 Å². The smallest absolute Gasteiger partial charge is 0.271 e. The second kappa shape index (κ2) is 4.84. The average Bonchev–Trinajstić information content (AvgIpc) is 2.16. The van der Waals surface area contributed by atoms with Gasteiger partial charge in [-0.3, -0.25) is 5.43 Å². The SMILES string of the molecule is NNC(=S)OCC1CCC(F)(F)CC1. The number of halogens is 2. The summed E-state index contributed by atoms with van der Waals surface area (Å²) in [5.74, 6) is 2.68. The number of nitrogens with two attached hydrogens (primary N) is 1. The number of hydrogen-bond acceptors (Lipinski definition) is 3. The van der Waals surface area contributed by atoms with Gasteiger partial charge in [-0.05, 0) is 31.0 Å². The Balaban J connectivity index is 2.19. The van der Waals surface area contributed by atoms with Gasteiger partial charge in [0, 0.05) is 12.8 Å². The fraction of sp³-hybridized carbons (Fsp3) is 0.875. The van der Waals surface area contributed by atoms with Crippen LogP contribution in [-0.2, 0) is 4.74 Å². The van der Waals surface area contributed by atoms with Crippen LogP contribution in [-0.4, -0.2) is 17.7 Å². The first-order chi connectivity index (χ1) is 6.53. The number of ether oxygens (including phenoxy) is 1. The summed E-state index contributed by atoms with van der Waals surface area (Å²) in [6.45, 7) is 0.374. The standard InChI is InChI=1S/C8H14F2N2OS/c9-8(10)3-1-6(2-4-8)5-13-7(14)12-11/h6H,1-5,11H2,(H,12,14). The zero-order chi connectivity index (χ0) is 10.6. The molecule has 0 atom stereocenters. The van der Waals surface area contributed by atoms with Gasteiger partial charge in [-0.1, -0.05) is 0 Å². The molecule has 1 saturated carbocycles. The van der Waals surface area contributed by atoms with Crippen molar-refractivity contribution in [1.29, 1.82) is 0 Å². The van der Waals surface area contributed by atoms with Crippen molar-refractivity contribution >= 4 is 17.4 Å². The van der Waals surface area contributed by atoms with Crippen LogP contribution in [0.25, 0.3) is 0 Å². The topological polar surface area (TPSA) is 47.3 Å². The summed E-state index contributed by atoms with van der Waals surface area (Å²) >= 11 is 4.66. The van der Waals surface area contributed by atoms with Crippen molar-refractivity contribution in [2.45, 2.75) is 31.6 Å². The van der Waals surface area contributed by atoms with E-state index < -0.39 is 5.92 Å². The second-order valence-corrected chi connectivity index (χ2v) is 3.91. The summed E-state index contributed by atoms with van der Waals surface area (Å²) < 4.78 is 30.5.